The van der Waals surface area contributed by atoms with Gasteiger partial charge in [0.2, 0.25) is 0 Å². The van der Waals surface area contributed by atoms with Gasteiger partial charge in [0.15, 0.2) is 5.16 Å². The van der Waals surface area contributed by atoms with Crippen molar-refractivity contribution in [3.05, 3.63) is 35.0 Å². The fraction of sp³-hybridized carbons (Fsp3) is 0.400. The Balaban J connectivity index is 1.84. The predicted octanol–water partition coefficient (Wildman–Crippen LogP) is 2.64. The van der Waals surface area contributed by atoms with E-state index in [-0.39, 0.29) is 6.61 Å². The van der Waals surface area contributed by atoms with E-state index in [1.54, 1.807) is 11.8 Å². The molecule has 0 saturated carbocycles. The molecule has 1 aromatic heterocycles. The van der Waals surface area contributed by atoms with Gasteiger partial charge in [-0.05, 0) is 36.5 Å². The molecule has 2 aromatic rings. The van der Waals surface area contributed by atoms with Crippen molar-refractivity contribution in [2.45, 2.75) is 37.6 Å². The van der Waals surface area contributed by atoms with E-state index in [0.717, 1.165) is 34.4 Å². The summed E-state index contributed by atoms with van der Waals surface area (Å²) in [5.41, 5.74) is 6.04. The molecule has 3 nitrogen and oxygen atoms in total. The van der Waals surface area contributed by atoms with Gasteiger partial charge in [-0.25, -0.2) is 4.98 Å². The third-order valence-corrected chi connectivity index (χ3v) is 5.06. The number of aliphatic hydroxyl groups excluding tert-OH is 1. The number of thioether (sulfide) groups is 1. The molecule has 1 aromatic carbocycles. The lowest BCUT2D eigenvalue weighted by Gasteiger charge is -2.06. The number of aliphatic hydroxyl groups is 1. The zero-order valence-corrected chi connectivity index (χ0v) is 11.5. The van der Waals surface area contributed by atoms with Crippen molar-refractivity contribution in [2.24, 2.45) is 0 Å². The van der Waals surface area contributed by atoms with E-state index in [0.29, 0.717) is 0 Å². The molecule has 2 heterocycles. The van der Waals surface area contributed by atoms with Gasteiger partial charge in [0.1, 0.15) is 0 Å². The number of hydrogen-bond donors (Lipinski definition) is 1. The minimum absolute atomic E-state index is 0.0694. The first-order valence-electron chi connectivity index (χ1n) is 6.82. The normalized spacial score (nSPS) is 16.7. The highest BCUT2D eigenvalue weighted by atomic mass is 32.2. The van der Waals surface area contributed by atoms with Crippen molar-refractivity contribution in [1.82, 2.24) is 9.55 Å². The monoisotopic (exact) mass is 272 g/mol. The summed E-state index contributed by atoms with van der Waals surface area (Å²) >= 11 is 1.78. The topological polar surface area (TPSA) is 38.1 Å². The van der Waals surface area contributed by atoms with Gasteiger partial charge in [0.25, 0.3) is 0 Å². The summed E-state index contributed by atoms with van der Waals surface area (Å²) in [5, 5.41) is 10.7. The van der Waals surface area contributed by atoms with E-state index < -0.39 is 0 Å². The summed E-state index contributed by atoms with van der Waals surface area (Å²) in [6.07, 6.45) is 3.65. The Morgan fingerprint density at radius 2 is 2.16 bits per heavy atom. The minimum atomic E-state index is 0.0694. The first kappa shape index (κ1) is 11.6. The Hall–Kier alpha value is -1.26. The standard InChI is InChI=1S/C15H16N2OS/c18-9-13-14(16-15-17(13)6-7-19-15)12-5-4-10-2-1-3-11(10)8-12/h4-5,8,18H,1-3,6-7,9H2. The smallest absolute Gasteiger partial charge is 0.168 e. The van der Waals surface area contributed by atoms with Crippen LogP contribution in [0.15, 0.2) is 23.4 Å². The van der Waals surface area contributed by atoms with Gasteiger partial charge in [-0.15, -0.1) is 0 Å². The number of nitrogens with zero attached hydrogens (tertiary/aromatic N) is 2. The largest absolute Gasteiger partial charge is 0.390 e. The van der Waals surface area contributed by atoms with Crippen LogP contribution < -0.4 is 0 Å². The molecule has 19 heavy (non-hydrogen) atoms. The van der Waals surface area contributed by atoms with Gasteiger partial charge in [0, 0.05) is 17.9 Å². The van der Waals surface area contributed by atoms with Crippen LogP contribution in [0.25, 0.3) is 11.3 Å². The van der Waals surface area contributed by atoms with Crippen molar-refractivity contribution in [2.75, 3.05) is 5.75 Å². The predicted molar refractivity (Wildman–Crippen MR) is 76.3 cm³/mol. The zero-order valence-electron chi connectivity index (χ0n) is 10.7. The van der Waals surface area contributed by atoms with Crippen molar-refractivity contribution in [3.63, 3.8) is 0 Å². The average Bonchev–Trinajstić information content (AvgIpc) is 3.12. The van der Waals surface area contributed by atoms with Crippen LogP contribution in [0.5, 0.6) is 0 Å². The van der Waals surface area contributed by atoms with Crippen LogP contribution in [0, 0.1) is 0 Å². The maximum atomic E-state index is 9.66. The molecule has 98 valence electrons. The average molecular weight is 272 g/mol. The molecular formula is C15H16N2OS. The molecule has 0 amide bonds. The van der Waals surface area contributed by atoms with Gasteiger partial charge in [-0.3, -0.25) is 0 Å². The minimum Gasteiger partial charge on any atom is -0.390 e. The lowest BCUT2D eigenvalue weighted by atomic mass is 10.0. The molecule has 0 fully saturated rings. The molecule has 0 atom stereocenters. The molecule has 2 aliphatic rings. The molecule has 0 bridgehead atoms. The fourth-order valence-corrected chi connectivity index (χ4v) is 4.11. The fourth-order valence-electron chi connectivity index (χ4n) is 3.14. The molecule has 1 N–H and O–H groups in total. The molecular weight excluding hydrogens is 256 g/mol. The first-order chi connectivity index (χ1) is 9.36. The van der Waals surface area contributed by atoms with Crippen molar-refractivity contribution >= 4 is 11.8 Å². The molecule has 1 aliphatic heterocycles. The highest BCUT2D eigenvalue weighted by Crippen LogP contribution is 2.35. The van der Waals surface area contributed by atoms with Gasteiger partial charge in [0.05, 0.1) is 18.0 Å². The second-order valence-electron chi connectivity index (χ2n) is 5.18. The van der Waals surface area contributed by atoms with Crippen molar-refractivity contribution in [1.29, 1.82) is 0 Å². The third kappa shape index (κ3) is 1.74. The molecule has 0 radical (unpaired) electrons. The molecule has 0 spiro atoms. The molecule has 4 heteroatoms. The molecule has 0 saturated heterocycles. The summed E-state index contributed by atoms with van der Waals surface area (Å²) in [5.74, 6) is 1.07. The van der Waals surface area contributed by atoms with E-state index in [9.17, 15) is 5.11 Å². The number of fused-ring (bicyclic) bond motifs is 2. The first-order valence-corrected chi connectivity index (χ1v) is 7.80. The summed E-state index contributed by atoms with van der Waals surface area (Å²) in [6, 6.07) is 6.66. The summed E-state index contributed by atoms with van der Waals surface area (Å²) < 4.78 is 2.16. The number of hydrogen-bond acceptors (Lipinski definition) is 3. The number of imidazole rings is 1. The second kappa shape index (κ2) is 4.39. The van der Waals surface area contributed by atoms with Crippen molar-refractivity contribution < 1.29 is 5.11 Å². The summed E-state index contributed by atoms with van der Waals surface area (Å²) in [7, 11) is 0. The Labute approximate surface area is 116 Å². The highest BCUT2D eigenvalue weighted by molar-refractivity contribution is 7.99. The van der Waals surface area contributed by atoms with Gasteiger partial charge in [-0.1, -0.05) is 23.9 Å². The van der Waals surface area contributed by atoms with Gasteiger partial charge >= 0.3 is 0 Å². The quantitative estimate of drug-likeness (QED) is 0.913. The Morgan fingerprint density at radius 1 is 1.26 bits per heavy atom. The Bertz CT molecular complexity index is 648. The lowest BCUT2D eigenvalue weighted by Crippen LogP contribution is -2.01. The Morgan fingerprint density at radius 3 is 3.05 bits per heavy atom. The van der Waals surface area contributed by atoms with E-state index in [1.807, 2.05) is 0 Å². The van der Waals surface area contributed by atoms with Gasteiger partial charge < -0.3 is 9.67 Å². The summed E-state index contributed by atoms with van der Waals surface area (Å²) in [6.45, 7) is 1.04. The SMILES string of the molecule is OCc1c(-c2ccc3c(c2)CCC3)nc2n1CCS2. The van der Waals surface area contributed by atoms with E-state index in [1.165, 1.54) is 30.4 Å². The van der Waals surface area contributed by atoms with E-state index >= 15 is 0 Å². The van der Waals surface area contributed by atoms with Crippen molar-refractivity contribution in [3.8, 4) is 11.3 Å². The number of aryl methyl sites for hydroxylation is 2. The second-order valence-corrected chi connectivity index (χ2v) is 6.25. The molecule has 0 unspecified atom stereocenters. The van der Waals surface area contributed by atoms with Crippen LogP contribution in [-0.2, 0) is 26.0 Å². The van der Waals surface area contributed by atoms with E-state index in [2.05, 4.69) is 22.8 Å². The van der Waals surface area contributed by atoms with Gasteiger partial charge in [-0.2, -0.15) is 0 Å². The van der Waals surface area contributed by atoms with Crippen LogP contribution >= 0.6 is 11.8 Å². The molecule has 1 aliphatic carbocycles. The highest BCUT2D eigenvalue weighted by Gasteiger charge is 2.22. The van der Waals surface area contributed by atoms with E-state index in [4.69, 9.17) is 4.98 Å². The zero-order chi connectivity index (χ0) is 12.8. The van der Waals surface area contributed by atoms with Crippen LogP contribution in [0.1, 0.15) is 23.2 Å². The Kier molecular flexibility index (Phi) is 2.67. The lowest BCUT2D eigenvalue weighted by molar-refractivity contribution is 0.271. The third-order valence-electron chi connectivity index (χ3n) is 4.11. The summed E-state index contributed by atoms with van der Waals surface area (Å²) in [4.78, 5) is 4.72. The number of aromatic nitrogens is 2. The van der Waals surface area contributed by atoms with Crippen LogP contribution in [0.2, 0.25) is 0 Å². The van der Waals surface area contributed by atoms with Crippen LogP contribution in [0.4, 0.5) is 0 Å². The number of rotatable bonds is 2. The van der Waals surface area contributed by atoms with Crippen LogP contribution in [0.3, 0.4) is 0 Å². The maximum Gasteiger partial charge on any atom is 0.168 e. The molecule has 4 rings (SSSR count). The maximum absolute atomic E-state index is 9.66. The van der Waals surface area contributed by atoms with Crippen LogP contribution in [-0.4, -0.2) is 20.4 Å². The number of benzene rings is 1.